The quantitative estimate of drug-likeness (QED) is 0.793. The van der Waals surface area contributed by atoms with Gasteiger partial charge in [0.1, 0.15) is 0 Å². The number of esters is 1. The second-order valence-electron chi connectivity index (χ2n) is 8.04. The van der Waals surface area contributed by atoms with Crippen molar-refractivity contribution >= 4 is 17.1 Å². The molecular formula is C23H28N2O3. The van der Waals surface area contributed by atoms with Gasteiger partial charge in [0.05, 0.1) is 43.4 Å². The van der Waals surface area contributed by atoms with Crippen LogP contribution in [-0.4, -0.2) is 33.8 Å². The van der Waals surface area contributed by atoms with Gasteiger partial charge in [0.25, 0.3) is 0 Å². The van der Waals surface area contributed by atoms with Crippen LogP contribution in [-0.2, 0) is 9.53 Å². The summed E-state index contributed by atoms with van der Waals surface area (Å²) < 4.78 is 7.08. The fourth-order valence-corrected chi connectivity index (χ4v) is 4.96. The van der Waals surface area contributed by atoms with E-state index in [4.69, 9.17) is 4.74 Å². The molecule has 2 aliphatic rings. The predicted octanol–water partition coefficient (Wildman–Crippen LogP) is 4.10. The summed E-state index contributed by atoms with van der Waals surface area (Å²) >= 11 is 0. The van der Waals surface area contributed by atoms with Crippen LogP contribution in [0.4, 0.5) is 0 Å². The summed E-state index contributed by atoms with van der Waals surface area (Å²) in [5.41, 5.74) is 4.84. The van der Waals surface area contributed by atoms with E-state index < -0.39 is 6.10 Å². The van der Waals surface area contributed by atoms with Crippen LogP contribution >= 0.6 is 0 Å². The van der Waals surface area contributed by atoms with Gasteiger partial charge < -0.3 is 14.4 Å². The Morgan fingerprint density at radius 2 is 1.96 bits per heavy atom. The average Bonchev–Trinajstić information content (AvgIpc) is 3.31. The Hall–Kier alpha value is -2.40. The average molecular weight is 380 g/mol. The topological polar surface area (TPSA) is 64.3 Å². The summed E-state index contributed by atoms with van der Waals surface area (Å²) in [5, 5.41) is 11.1. The smallest absolute Gasteiger partial charge is 0.308 e. The fraction of sp³-hybridized carbons (Fsp3) is 0.478. The van der Waals surface area contributed by atoms with Gasteiger partial charge in [-0.1, -0.05) is 30.3 Å². The number of fused-ring (bicyclic) bond motifs is 1. The Labute approximate surface area is 166 Å². The van der Waals surface area contributed by atoms with E-state index in [9.17, 15) is 9.90 Å². The molecule has 5 heteroatoms. The summed E-state index contributed by atoms with van der Waals surface area (Å²) in [6.45, 7) is 2.14. The van der Waals surface area contributed by atoms with Gasteiger partial charge in [-0.3, -0.25) is 4.79 Å². The Balaban J connectivity index is 1.51. The molecule has 2 atom stereocenters. The number of benzene rings is 1. The highest BCUT2D eigenvalue weighted by atomic mass is 16.5. The first kappa shape index (κ1) is 18.9. The van der Waals surface area contributed by atoms with Gasteiger partial charge in [-0.25, -0.2) is 4.98 Å². The zero-order valence-electron chi connectivity index (χ0n) is 16.5. The Morgan fingerprint density at radius 1 is 1.25 bits per heavy atom. The van der Waals surface area contributed by atoms with Crippen molar-refractivity contribution < 1.29 is 14.6 Å². The summed E-state index contributed by atoms with van der Waals surface area (Å²) in [5.74, 6) is 0.102. The van der Waals surface area contributed by atoms with Crippen LogP contribution in [0.1, 0.15) is 56.3 Å². The lowest BCUT2D eigenvalue weighted by Gasteiger charge is -2.32. The van der Waals surface area contributed by atoms with Crippen LogP contribution in [0.15, 0.2) is 42.9 Å². The van der Waals surface area contributed by atoms with E-state index in [0.29, 0.717) is 6.42 Å². The number of allylic oxidation sites excluding steroid dienone is 2. The number of aromatic nitrogens is 2. The minimum atomic E-state index is -0.400. The van der Waals surface area contributed by atoms with Crippen molar-refractivity contribution in [2.24, 2.45) is 11.8 Å². The number of nitrogens with zero attached hydrogens (tertiary/aromatic N) is 2. The highest BCUT2D eigenvalue weighted by molar-refractivity contribution is 5.93. The van der Waals surface area contributed by atoms with Crippen LogP contribution in [0.3, 0.4) is 0 Å². The van der Waals surface area contributed by atoms with Crippen molar-refractivity contribution in [1.29, 1.82) is 0 Å². The molecule has 0 radical (unpaired) electrons. The molecule has 1 fully saturated rings. The number of aliphatic hydroxyl groups is 1. The molecule has 0 amide bonds. The molecule has 2 aromatic rings. The van der Waals surface area contributed by atoms with Crippen molar-refractivity contribution in [2.75, 3.05) is 7.11 Å². The van der Waals surface area contributed by atoms with Gasteiger partial charge in [0.2, 0.25) is 0 Å². The third-order valence-electron chi connectivity index (χ3n) is 6.52. The Morgan fingerprint density at radius 3 is 2.64 bits per heavy atom. The maximum Gasteiger partial charge on any atom is 0.308 e. The third kappa shape index (κ3) is 3.39. The predicted molar refractivity (Wildman–Crippen MR) is 108 cm³/mol. The molecule has 0 saturated heterocycles. The number of imidazole rings is 1. The van der Waals surface area contributed by atoms with Gasteiger partial charge in [0.15, 0.2) is 0 Å². The molecule has 1 aromatic heterocycles. The van der Waals surface area contributed by atoms with Crippen LogP contribution in [0.25, 0.3) is 11.1 Å². The Bertz CT molecular complexity index is 863. The van der Waals surface area contributed by atoms with Crippen LogP contribution in [0.2, 0.25) is 0 Å². The standard InChI is InChI=1S/C23H28N2O3/c1-15-20-13-24-14-25(20)19(22(15)17-6-4-3-5-7-17)12-21(26)16-8-10-18(11-9-16)23(27)28-2/h3-7,13-14,16,18-19,21,26H,8-12H2,1-2H3/t16-,18-,19?,21-/m0/s1. The summed E-state index contributed by atoms with van der Waals surface area (Å²) in [7, 11) is 1.45. The summed E-state index contributed by atoms with van der Waals surface area (Å²) in [6.07, 6.45) is 7.39. The zero-order chi connectivity index (χ0) is 19.7. The van der Waals surface area contributed by atoms with E-state index in [-0.39, 0.29) is 23.8 Å². The number of hydrogen-bond acceptors (Lipinski definition) is 4. The summed E-state index contributed by atoms with van der Waals surface area (Å²) in [6, 6.07) is 10.5. The number of aliphatic hydroxyl groups excluding tert-OH is 1. The molecule has 1 saturated carbocycles. The van der Waals surface area contributed by atoms with E-state index in [1.807, 2.05) is 18.6 Å². The number of methoxy groups -OCH3 is 1. The monoisotopic (exact) mass is 380 g/mol. The largest absolute Gasteiger partial charge is 0.469 e. The van der Waals surface area contributed by atoms with Crippen molar-refractivity contribution in [2.45, 2.75) is 51.2 Å². The Kier molecular flexibility index (Phi) is 5.36. The first-order valence-electron chi connectivity index (χ1n) is 10.1. The van der Waals surface area contributed by atoms with Gasteiger partial charge >= 0.3 is 5.97 Å². The second-order valence-corrected chi connectivity index (χ2v) is 8.04. The molecule has 28 heavy (non-hydrogen) atoms. The van der Waals surface area contributed by atoms with Crippen LogP contribution in [0, 0.1) is 11.8 Å². The van der Waals surface area contributed by atoms with E-state index in [1.54, 1.807) is 0 Å². The van der Waals surface area contributed by atoms with Gasteiger partial charge in [-0.15, -0.1) is 0 Å². The molecule has 148 valence electrons. The third-order valence-corrected chi connectivity index (χ3v) is 6.52. The first-order chi connectivity index (χ1) is 13.6. The van der Waals surface area contributed by atoms with E-state index in [1.165, 1.54) is 23.8 Å². The number of hydrogen-bond donors (Lipinski definition) is 1. The molecule has 1 aliphatic heterocycles. The molecule has 4 rings (SSSR count). The number of carbonyl (C=O) groups excluding carboxylic acids is 1. The molecular weight excluding hydrogens is 352 g/mol. The maximum absolute atomic E-state index is 11.8. The first-order valence-corrected chi connectivity index (χ1v) is 10.1. The SMILES string of the molecule is COC(=O)[C@H]1CC[C@H]([C@@H](O)CC2C(c3ccccc3)=C(C)c3cncn32)CC1. The highest BCUT2D eigenvalue weighted by Gasteiger charge is 2.35. The number of ether oxygens (including phenoxy) is 1. The molecule has 1 unspecified atom stereocenters. The maximum atomic E-state index is 11.8. The van der Waals surface area contributed by atoms with Crippen molar-refractivity contribution in [1.82, 2.24) is 9.55 Å². The summed E-state index contributed by atoms with van der Waals surface area (Å²) in [4.78, 5) is 16.1. The molecule has 1 N–H and O–H groups in total. The second kappa shape index (κ2) is 7.92. The van der Waals surface area contributed by atoms with Crippen molar-refractivity contribution in [3.8, 4) is 0 Å². The van der Waals surface area contributed by atoms with Crippen molar-refractivity contribution in [3.63, 3.8) is 0 Å². The lowest BCUT2D eigenvalue weighted by Crippen LogP contribution is -2.30. The van der Waals surface area contributed by atoms with Gasteiger partial charge in [-0.2, -0.15) is 0 Å². The lowest BCUT2D eigenvalue weighted by atomic mass is 9.77. The molecule has 1 aromatic carbocycles. The molecule has 0 bridgehead atoms. The molecule has 1 aliphatic carbocycles. The number of rotatable bonds is 5. The van der Waals surface area contributed by atoms with E-state index in [0.717, 1.165) is 31.4 Å². The lowest BCUT2D eigenvalue weighted by molar-refractivity contribution is -0.147. The van der Waals surface area contributed by atoms with Crippen LogP contribution in [0.5, 0.6) is 0 Å². The minimum Gasteiger partial charge on any atom is -0.469 e. The van der Waals surface area contributed by atoms with Crippen LogP contribution < -0.4 is 0 Å². The van der Waals surface area contributed by atoms with E-state index in [2.05, 4.69) is 40.7 Å². The highest BCUT2D eigenvalue weighted by Crippen LogP contribution is 2.45. The molecule has 5 nitrogen and oxygen atoms in total. The van der Waals surface area contributed by atoms with E-state index >= 15 is 0 Å². The molecule has 2 heterocycles. The minimum absolute atomic E-state index is 0.0119. The molecule has 0 spiro atoms. The fourth-order valence-electron chi connectivity index (χ4n) is 4.96. The number of carbonyl (C=O) groups is 1. The normalized spacial score (nSPS) is 25.5. The van der Waals surface area contributed by atoms with Crippen molar-refractivity contribution in [3.05, 3.63) is 54.1 Å². The zero-order valence-corrected chi connectivity index (χ0v) is 16.5. The van der Waals surface area contributed by atoms with Gasteiger partial charge in [-0.05, 0) is 61.7 Å². The van der Waals surface area contributed by atoms with Gasteiger partial charge in [0, 0.05) is 0 Å².